The molecule has 0 bridgehead atoms. The summed E-state index contributed by atoms with van der Waals surface area (Å²) in [6.07, 6.45) is 5.33. The van der Waals surface area contributed by atoms with Crippen molar-refractivity contribution >= 4 is 11.8 Å². The Morgan fingerprint density at radius 3 is 2.84 bits per heavy atom. The zero-order valence-corrected chi connectivity index (χ0v) is 14.9. The van der Waals surface area contributed by atoms with E-state index in [-0.39, 0.29) is 11.8 Å². The van der Waals surface area contributed by atoms with Gasteiger partial charge in [-0.2, -0.15) is 0 Å². The fourth-order valence-electron chi connectivity index (χ4n) is 3.25. The van der Waals surface area contributed by atoms with Gasteiger partial charge >= 0.3 is 0 Å². The zero-order chi connectivity index (χ0) is 18.0. The van der Waals surface area contributed by atoms with Crippen molar-refractivity contribution in [3.8, 4) is 0 Å². The second-order valence-electron chi connectivity index (χ2n) is 6.97. The standard InChI is InChI=1S/C19H24N4O2/c1-14(2)11-23-17(13-22-9-5-7-16(22)19(23)25)18(24)21(3)12-15-6-4-8-20-10-15/h4-10,14,17H,11-13H2,1-3H3. The van der Waals surface area contributed by atoms with E-state index in [0.29, 0.717) is 31.2 Å². The molecule has 0 saturated carbocycles. The third kappa shape index (κ3) is 3.57. The summed E-state index contributed by atoms with van der Waals surface area (Å²) >= 11 is 0. The quantitative estimate of drug-likeness (QED) is 0.837. The van der Waals surface area contributed by atoms with E-state index < -0.39 is 6.04 Å². The zero-order valence-electron chi connectivity index (χ0n) is 14.9. The number of pyridine rings is 1. The second kappa shape index (κ2) is 7.09. The first-order valence-corrected chi connectivity index (χ1v) is 8.57. The number of aromatic nitrogens is 2. The van der Waals surface area contributed by atoms with E-state index in [0.717, 1.165) is 5.56 Å². The molecule has 1 unspecified atom stereocenters. The maximum atomic E-state index is 13.1. The molecule has 2 aromatic rings. The first-order valence-electron chi connectivity index (χ1n) is 8.57. The van der Waals surface area contributed by atoms with Gasteiger partial charge in [0.05, 0.1) is 6.54 Å². The summed E-state index contributed by atoms with van der Waals surface area (Å²) in [4.78, 5) is 33.4. The highest BCUT2D eigenvalue weighted by atomic mass is 16.2. The second-order valence-corrected chi connectivity index (χ2v) is 6.97. The fraction of sp³-hybridized carbons (Fsp3) is 0.421. The lowest BCUT2D eigenvalue weighted by Gasteiger charge is -2.38. The summed E-state index contributed by atoms with van der Waals surface area (Å²) in [7, 11) is 1.78. The number of amides is 2. The summed E-state index contributed by atoms with van der Waals surface area (Å²) in [6, 6.07) is 6.99. The lowest BCUT2D eigenvalue weighted by molar-refractivity contribution is -0.136. The van der Waals surface area contributed by atoms with Crippen LogP contribution < -0.4 is 0 Å². The predicted molar refractivity (Wildman–Crippen MR) is 94.8 cm³/mol. The van der Waals surface area contributed by atoms with Gasteiger partial charge in [0, 0.05) is 38.7 Å². The van der Waals surface area contributed by atoms with Gasteiger partial charge in [-0.05, 0) is 29.7 Å². The molecule has 25 heavy (non-hydrogen) atoms. The van der Waals surface area contributed by atoms with Crippen LogP contribution in [0.1, 0.15) is 29.9 Å². The monoisotopic (exact) mass is 340 g/mol. The van der Waals surface area contributed by atoms with E-state index in [4.69, 9.17) is 0 Å². The summed E-state index contributed by atoms with van der Waals surface area (Å²) in [5, 5.41) is 0. The number of hydrogen-bond acceptors (Lipinski definition) is 3. The van der Waals surface area contributed by atoms with Crippen molar-refractivity contribution in [1.82, 2.24) is 19.4 Å². The number of hydrogen-bond donors (Lipinski definition) is 0. The van der Waals surface area contributed by atoms with Crippen LogP contribution >= 0.6 is 0 Å². The predicted octanol–water partition coefficient (Wildman–Crippen LogP) is 2.02. The Hall–Kier alpha value is -2.63. The number of carbonyl (C=O) groups excluding carboxylic acids is 2. The molecule has 1 atom stereocenters. The third-order valence-electron chi connectivity index (χ3n) is 4.42. The van der Waals surface area contributed by atoms with Crippen LogP contribution in [0.15, 0.2) is 42.9 Å². The topological polar surface area (TPSA) is 58.4 Å². The van der Waals surface area contributed by atoms with Gasteiger partial charge in [-0.1, -0.05) is 19.9 Å². The van der Waals surface area contributed by atoms with Gasteiger partial charge in [0.1, 0.15) is 11.7 Å². The Morgan fingerprint density at radius 2 is 2.16 bits per heavy atom. The van der Waals surface area contributed by atoms with E-state index in [1.807, 2.05) is 35.0 Å². The Bertz CT molecular complexity index is 754. The van der Waals surface area contributed by atoms with Crippen molar-refractivity contribution in [3.63, 3.8) is 0 Å². The molecule has 2 aromatic heterocycles. The highest BCUT2D eigenvalue weighted by Gasteiger charge is 2.37. The minimum Gasteiger partial charge on any atom is -0.341 e. The molecule has 1 aliphatic heterocycles. The van der Waals surface area contributed by atoms with Crippen LogP contribution in [0.3, 0.4) is 0 Å². The van der Waals surface area contributed by atoms with E-state index in [1.165, 1.54) is 0 Å². The maximum absolute atomic E-state index is 13.1. The van der Waals surface area contributed by atoms with Crippen molar-refractivity contribution < 1.29 is 9.59 Å². The van der Waals surface area contributed by atoms with Crippen LogP contribution in [0.25, 0.3) is 0 Å². The molecule has 3 heterocycles. The molecule has 1 aliphatic rings. The van der Waals surface area contributed by atoms with E-state index in [1.54, 1.807) is 29.2 Å². The van der Waals surface area contributed by atoms with Gasteiger partial charge < -0.3 is 14.4 Å². The van der Waals surface area contributed by atoms with Crippen molar-refractivity contribution in [2.24, 2.45) is 5.92 Å². The SMILES string of the molecule is CC(C)CN1C(=O)c2cccn2CC1C(=O)N(C)Cc1cccnc1. The minimum atomic E-state index is -0.475. The fourth-order valence-corrected chi connectivity index (χ4v) is 3.25. The lowest BCUT2D eigenvalue weighted by atomic mass is 10.1. The molecule has 3 rings (SSSR count). The molecule has 0 fully saturated rings. The number of fused-ring (bicyclic) bond motifs is 1. The Kier molecular flexibility index (Phi) is 4.88. The third-order valence-corrected chi connectivity index (χ3v) is 4.42. The Balaban J connectivity index is 1.82. The molecule has 6 heteroatoms. The molecule has 0 aromatic carbocycles. The molecule has 0 spiro atoms. The number of rotatable bonds is 5. The lowest BCUT2D eigenvalue weighted by Crippen LogP contribution is -2.56. The normalized spacial score (nSPS) is 16.9. The molecule has 6 nitrogen and oxygen atoms in total. The summed E-state index contributed by atoms with van der Waals surface area (Å²) in [5.74, 6) is 0.180. The molecular weight excluding hydrogens is 316 g/mol. The largest absolute Gasteiger partial charge is 0.341 e. The highest BCUT2D eigenvalue weighted by molar-refractivity contribution is 5.97. The van der Waals surface area contributed by atoms with Crippen molar-refractivity contribution in [3.05, 3.63) is 54.1 Å². The van der Waals surface area contributed by atoms with E-state index in [2.05, 4.69) is 18.8 Å². The van der Waals surface area contributed by atoms with Crippen LogP contribution in [0, 0.1) is 5.92 Å². The first-order chi connectivity index (χ1) is 12.0. The molecule has 0 N–H and O–H groups in total. The van der Waals surface area contributed by atoms with Crippen LogP contribution in [0.2, 0.25) is 0 Å². The van der Waals surface area contributed by atoms with Crippen LogP contribution in [0.4, 0.5) is 0 Å². The molecule has 0 aliphatic carbocycles. The van der Waals surface area contributed by atoms with Gasteiger partial charge in [0.25, 0.3) is 5.91 Å². The highest BCUT2D eigenvalue weighted by Crippen LogP contribution is 2.21. The van der Waals surface area contributed by atoms with Gasteiger partial charge in [0.2, 0.25) is 5.91 Å². The molecular formula is C19H24N4O2. The van der Waals surface area contributed by atoms with E-state index >= 15 is 0 Å². The summed E-state index contributed by atoms with van der Waals surface area (Å²) in [6.45, 7) is 5.66. The van der Waals surface area contributed by atoms with Crippen molar-refractivity contribution in [2.45, 2.75) is 33.0 Å². The average molecular weight is 340 g/mol. The smallest absolute Gasteiger partial charge is 0.271 e. The molecule has 0 radical (unpaired) electrons. The van der Waals surface area contributed by atoms with Gasteiger partial charge in [-0.15, -0.1) is 0 Å². The van der Waals surface area contributed by atoms with Crippen LogP contribution in [-0.2, 0) is 17.9 Å². The van der Waals surface area contributed by atoms with E-state index in [9.17, 15) is 9.59 Å². The number of carbonyl (C=O) groups is 2. The van der Waals surface area contributed by atoms with Crippen LogP contribution in [0.5, 0.6) is 0 Å². The molecule has 0 saturated heterocycles. The van der Waals surface area contributed by atoms with Crippen LogP contribution in [-0.4, -0.2) is 50.8 Å². The van der Waals surface area contributed by atoms with Gasteiger partial charge in [0.15, 0.2) is 0 Å². The number of likely N-dealkylation sites (N-methyl/N-ethyl adjacent to an activating group) is 1. The molecule has 132 valence electrons. The number of nitrogens with zero attached hydrogens (tertiary/aromatic N) is 4. The van der Waals surface area contributed by atoms with Gasteiger partial charge in [-0.25, -0.2) is 0 Å². The minimum absolute atomic E-state index is 0.0443. The van der Waals surface area contributed by atoms with Crippen molar-refractivity contribution in [2.75, 3.05) is 13.6 Å². The summed E-state index contributed by atoms with van der Waals surface area (Å²) in [5.41, 5.74) is 1.62. The Labute approximate surface area is 148 Å². The first kappa shape index (κ1) is 17.2. The average Bonchev–Trinajstić information content (AvgIpc) is 3.06. The maximum Gasteiger partial charge on any atom is 0.271 e. The Morgan fingerprint density at radius 1 is 1.36 bits per heavy atom. The van der Waals surface area contributed by atoms with Gasteiger partial charge in [-0.3, -0.25) is 14.6 Å². The summed E-state index contributed by atoms with van der Waals surface area (Å²) < 4.78 is 1.87. The molecule has 2 amide bonds. The van der Waals surface area contributed by atoms with Crippen molar-refractivity contribution in [1.29, 1.82) is 0 Å².